The average Bonchev–Trinajstić information content (AvgIpc) is 2.98. The summed E-state index contributed by atoms with van der Waals surface area (Å²) in [7, 11) is 0. The molecule has 0 saturated carbocycles. The number of rotatable bonds is 7. The fourth-order valence-electron chi connectivity index (χ4n) is 3.56. The molecule has 6 heteroatoms. The molecule has 0 aliphatic rings. The Morgan fingerprint density at radius 1 is 1.10 bits per heavy atom. The third-order valence-electron chi connectivity index (χ3n) is 5.17. The molecule has 3 aromatic rings. The largest absolute Gasteiger partial charge is 0.369 e. The van der Waals surface area contributed by atoms with E-state index in [-0.39, 0.29) is 5.91 Å². The molecule has 0 atom stereocenters. The highest BCUT2D eigenvalue weighted by Crippen LogP contribution is 2.24. The molecule has 0 saturated heterocycles. The number of aryl methyl sites for hydroxylation is 2. The Hall–Kier alpha value is -2.79. The van der Waals surface area contributed by atoms with Crippen LogP contribution in [0, 0.1) is 13.8 Å². The monoisotopic (exact) mass is 424 g/mol. The maximum atomic E-state index is 12.9. The van der Waals surface area contributed by atoms with Crippen LogP contribution < -0.4 is 10.2 Å². The predicted octanol–water partition coefficient (Wildman–Crippen LogP) is 5.69. The van der Waals surface area contributed by atoms with E-state index >= 15 is 0 Å². The van der Waals surface area contributed by atoms with Gasteiger partial charge in [0.2, 0.25) is 0 Å². The Balaban J connectivity index is 1.75. The molecule has 30 heavy (non-hydrogen) atoms. The van der Waals surface area contributed by atoms with Crippen molar-refractivity contribution >= 4 is 28.9 Å². The molecule has 1 aromatic heterocycles. The lowest BCUT2D eigenvalue weighted by Gasteiger charge is -2.27. The summed E-state index contributed by atoms with van der Waals surface area (Å²) in [6.45, 7) is 11.8. The van der Waals surface area contributed by atoms with Gasteiger partial charge in [-0.1, -0.05) is 41.4 Å². The molecular weight excluding hydrogens is 396 g/mol. The second-order valence-corrected chi connectivity index (χ2v) is 8.13. The van der Waals surface area contributed by atoms with E-state index in [1.54, 1.807) is 11.6 Å². The van der Waals surface area contributed by atoms with Crippen LogP contribution in [0.3, 0.4) is 0 Å². The van der Waals surface area contributed by atoms with Gasteiger partial charge in [0, 0.05) is 24.0 Å². The number of aromatic nitrogens is 2. The van der Waals surface area contributed by atoms with E-state index in [4.69, 9.17) is 11.6 Å². The van der Waals surface area contributed by atoms with Crippen molar-refractivity contribution in [2.45, 2.75) is 47.2 Å². The van der Waals surface area contributed by atoms with Crippen molar-refractivity contribution < 1.29 is 4.79 Å². The van der Waals surface area contributed by atoms with Gasteiger partial charge in [0.1, 0.15) is 5.15 Å². The number of carbonyl (C=O) groups excluding carboxylic acids is 1. The van der Waals surface area contributed by atoms with Crippen LogP contribution in [0.5, 0.6) is 0 Å². The van der Waals surface area contributed by atoms with Gasteiger partial charge in [-0.2, -0.15) is 5.10 Å². The van der Waals surface area contributed by atoms with Crippen LogP contribution in [-0.2, 0) is 6.54 Å². The third-order valence-corrected chi connectivity index (χ3v) is 5.55. The van der Waals surface area contributed by atoms with Crippen molar-refractivity contribution in [3.63, 3.8) is 0 Å². The molecule has 0 fully saturated rings. The summed E-state index contributed by atoms with van der Waals surface area (Å²) in [5.41, 5.74) is 5.15. The first-order valence-electron chi connectivity index (χ1n) is 10.3. The molecule has 2 aromatic carbocycles. The quantitative estimate of drug-likeness (QED) is 0.530. The van der Waals surface area contributed by atoms with Crippen molar-refractivity contribution in [1.82, 2.24) is 9.78 Å². The fourth-order valence-corrected chi connectivity index (χ4v) is 3.88. The Labute approximate surface area is 183 Å². The van der Waals surface area contributed by atoms with E-state index in [0.29, 0.717) is 29.0 Å². The highest BCUT2D eigenvalue weighted by molar-refractivity contribution is 6.33. The van der Waals surface area contributed by atoms with E-state index in [2.05, 4.69) is 48.2 Å². The minimum atomic E-state index is -0.253. The Bertz CT molecular complexity index is 1010. The minimum Gasteiger partial charge on any atom is -0.369 e. The van der Waals surface area contributed by atoms with Gasteiger partial charge in [-0.25, -0.2) is 4.68 Å². The molecule has 0 aliphatic heterocycles. The van der Waals surface area contributed by atoms with E-state index in [9.17, 15) is 4.79 Å². The van der Waals surface area contributed by atoms with Gasteiger partial charge >= 0.3 is 0 Å². The standard InChI is InChI=1S/C24H29ClN4O/c1-6-28(16(2)3)21-13-11-20(12-14-21)26-24(30)22-18(5)27-29(23(22)25)15-19-9-7-17(4)8-10-19/h7-14,16H,6,15H2,1-5H3,(H,26,30). The average molecular weight is 425 g/mol. The zero-order valence-electron chi connectivity index (χ0n) is 18.2. The van der Waals surface area contributed by atoms with E-state index in [1.165, 1.54) is 5.56 Å². The molecule has 0 radical (unpaired) electrons. The molecule has 0 bridgehead atoms. The first kappa shape index (κ1) is 21.9. The van der Waals surface area contributed by atoms with Crippen molar-refractivity contribution in [2.75, 3.05) is 16.8 Å². The van der Waals surface area contributed by atoms with E-state index in [0.717, 1.165) is 23.5 Å². The molecule has 0 spiro atoms. The van der Waals surface area contributed by atoms with Crippen LogP contribution in [0.4, 0.5) is 11.4 Å². The normalized spacial score (nSPS) is 11.0. The van der Waals surface area contributed by atoms with Gasteiger partial charge in [0.25, 0.3) is 5.91 Å². The molecule has 1 amide bonds. The zero-order valence-corrected chi connectivity index (χ0v) is 19.0. The molecule has 5 nitrogen and oxygen atoms in total. The molecule has 0 aliphatic carbocycles. The third kappa shape index (κ3) is 4.85. The number of amides is 1. The first-order valence-corrected chi connectivity index (χ1v) is 10.6. The topological polar surface area (TPSA) is 50.2 Å². The summed E-state index contributed by atoms with van der Waals surface area (Å²) in [4.78, 5) is 15.2. The smallest absolute Gasteiger partial charge is 0.260 e. The van der Waals surface area contributed by atoms with Gasteiger partial charge in [0.05, 0.1) is 17.8 Å². The molecule has 3 rings (SSSR count). The SMILES string of the molecule is CCN(c1ccc(NC(=O)c2c(C)nn(Cc3ccc(C)cc3)c2Cl)cc1)C(C)C. The van der Waals surface area contributed by atoms with Gasteiger partial charge in [0.15, 0.2) is 0 Å². The van der Waals surface area contributed by atoms with Crippen LogP contribution in [-0.4, -0.2) is 28.3 Å². The molecule has 0 unspecified atom stereocenters. The molecule has 1 heterocycles. The lowest BCUT2D eigenvalue weighted by Crippen LogP contribution is -2.30. The number of benzene rings is 2. The number of nitrogens with one attached hydrogen (secondary N) is 1. The van der Waals surface area contributed by atoms with Crippen LogP contribution >= 0.6 is 11.6 Å². The van der Waals surface area contributed by atoms with Crippen molar-refractivity contribution in [3.8, 4) is 0 Å². The summed E-state index contributed by atoms with van der Waals surface area (Å²) in [6.07, 6.45) is 0. The minimum absolute atomic E-state index is 0.253. The highest BCUT2D eigenvalue weighted by atomic mass is 35.5. The summed E-state index contributed by atoms with van der Waals surface area (Å²) < 4.78 is 1.67. The molecular formula is C24H29ClN4O. The van der Waals surface area contributed by atoms with Crippen LogP contribution in [0.25, 0.3) is 0 Å². The maximum Gasteiger partial charge on any atom is 0.260 e. The summed E-state index contributed by atoms with van der Waals surface area (Å²) >= 11 is 6.53. The van der Waals surface area contributed by atoms with Crippen molar-refractivity contribution in [2.24, 2.45) is 0 Å². The molecule has 1 N–H and O–H groups in total. The van der Waals surface area contributed by atoms with Crippen LogP contribution in [0.15, 0.2) is 48.5 Å². The molecule has 158 valence electrons. The zero-order chi connectivity index (χ0) is 21.8. The van der Waals surface area contributed by atoms with E-state index < -0.39 is 0 Å². The Morgan fingerprint density at radius 2 is 1.73 bits per heavy atom. The summed E-state index contributed by atoms with van der Waals surface area (Å²) in [6, 6.07) is 16.5. The van der Waals surface area contributed by atoms with Gasteiger partial charge < -0.3 is 10.2 Å². The summed E-state index contributed by atoms with van der Waals surface area (Å²) in [5.74, 6) is -0.253. The fraction of sp³-hybridized carbons (Fsp3) is 0.333. The van der Waals surface area contributed by atoms with Gasteiger partial charge in [-0.05, 0) is 64.4 Å². The van der Waals surface area contributed by atoms with Crippen molar-refractivity contribution in [1.29, 1.82) is 0 Å². The van der Waals surface area contributed by atoms with Gasteiger partial charge in [-0.15, -0.1) is 0 Å². The number of anilines is 2. The Morgan fingerprint density at radius 3 is 2.30 bits per heavy atom. The van der Waals surface area contributed by atoms with E-state index in [1.807, 2.05) is 43.3 Å². The second kappa shape index (κ2) is 9.35. The number of hydrogen-bond acceptors (Lipinski definition) is 3. The number of carbonyl (C=O) groups is 1. The number of halogens is 1. The predicted molar refractivity (Wildman–Crippen MR) is 125 cm³/mol. The van der Waals surface area contributed by atoms with Gasteiger partial charge in [-0.3, -0.25) is 4.79 Å². The van der Waals surface area contributed by atoms with Crippen LogP contribution in [0.1, 0.15) is 48.0 Å². The lowest BCUT2D eigenvalue weighted by molar-refractivity contribution is 0.102. The number of hydrogen-bond donors (Lipinski definition) is 1. The number of nitrogens with zero attached hydrogens (tertiary/aromatic N) is 3. The Kier molecular flexibility index (Phi) is 6.83. The maximum absolute atomic E-state index is 12.9. The highest BCUT2D eigenvalue weighted by Gasteiger charge is 2.21. The summed E-state index contributed by atoms with van der Waals surface area (Å²) in [5, 5.41) is 7.76. The second-order valence-electron chi connectivity index (χ2n) is 7.78. The van der Waals surface area contributed by atoms with Crippen LogP contribution in [0.2, 0.25) is 5.15 Å². The lowest BCUT2D eigenvalue weighted by atomic mass is 10.1. The first-order chi connectivity index (χ1) is 14.3. The van der Waals surface area contributed by atoms with Crippen molar-refractivity contribution in [3.05, 3.63) is 76.1 Å².